The highest BCUT2D eigenvalue weighted by molar-refractivity contribution is 7.13. The van der Waals surface area contributed by atoms with E-state index in [0.29, 0.717) is 31.8 Å². The van der Waals surface area contributed by atoms with Crippen LogP contribution in [0.15, 0.2) is 54.4 Å². The molecular weight excluding hydrogens is 567 g/mol. The molecule has 0 spiro atoms. The molecule has 0 saturated carbocycles. The summed E-state index contributed by atoms with van der Waals surface area (Å²) in [7, 11) is 0. The normalized spacial score (nSPS) is 17.7. The molecule has 2 aromatic carbocycles. The fourth-order valence-corrected chi connectivity index (χ4v) is 6.69. The van der Waals surface area contributed by atoms with Crippen LogP contribution in [0.4, 0.5) is 5.13 Å². The molecule has 5 aromatic rings. The van der Waals surface area contributed by atoms with Gasteiger partial charge in [0.05, 0.1) is 22.1 Å². The summed E-state index contributed by atoms with van der Waals surface area (Å²) in [5, 5.41) is 18.7. The Morgan fingerprint density at radius 2 is 2.05 bits per heavy atom. The molecule has 3 aromatic heterocycles. The molecule has 7 rings (SSSR count). The van der Waals surface area contributed by atoms with Crippen molar-refractivity contribution in [3.05, 3.63) is 81.4 Å². The fraction of sp³-hybridized carbons (Fsp3) is 0.286. The number of thiazole rings is 1. The summed E-state index contributed by atoms with van der Waals surface area (Å²) in [5.74, 6) is -0.273. The van der Waals surface area contributed by atoms with E-state index in [1.165, 1.54) is 16.9 Å². The lowest BCUT2D eigenvalue weighted by molar-refractivity contribution is -0.118. The number of hydrogen-bond donors (Lipinski definition) is 3. The molecule has 5 heterocycles. The number of aryl methyl sites for hydroxylation is 1. The van der Waals surface area contributed by atoms with Crippen molar-refractivity contribution in [2.24, 2.45) is 0 Å². The van der Waals surface area contributed by atoms with Crippen molar-refractivity contribution in [1.82, 2.24) is 34.9 Å². The lowest BCUT2D eigenvalue weighted by Crippen LogP contribution is -2.42. The topological polar surface area (TPSA) is 102 Å². The smallest absolute Gasteiger partial charge is 0.257 e. The van der Waals surface area contributed by atoms with E-state index in [2.05, 4.69) is 54.8 Å². The van der Waals surface area contributed by atoms with E-state index in [0.717, 1.165) is 55.8 Å². The Hall–Kier alpha value is -3.28. The summed E-state index contributed by atoms with van der Waals surface area (Å²) < 4.78 is 3.73. The largest absolute Gasteiger partial charge is 0.334 e. The van der Waals surface area contributed by atoms with Gasteiger partial charge in [-0.05, 0) is 30.0 Å². The average molecular weight is 594 g/mol. The number of carbonyl (C=O) groups is 1. The minimum Gasteiger partial charge on any atom is -0.334 e. The zero-order chi connectivity index (χ0) is 27.2. The van der Waals surface area contributed by atoms with E-state index in [-0.39, 0.29) is 11.9 Å². The van der Waals surface area contributed by atoms with Gasteiger partial charge in [-0.2, -0.15) is 5.10 Å². The molecule has 1 saturated heterocycles. The highest BCUT2D eigenvalue weighted by atomic mass is 35.5. The van der Waals surface area contributed by atoms with Gasteiger partial charge in [0.15, 0.2) is 11.2 Å². The van der Waals surface area contributed by atoms with Gasteiger partial charge in [-0.25, -0.2) is 9.97 Å². The van der Waals surface area contributed by atoms with Crippen molar-refractivity contribution in [3.8, 4) is 11.1 Å². The van der Waals surface area contributed by atoms with E-state index >= 15 is 0 Å². The van der Waals surface area contributed by atoms with E-state index in [4.69, 9.17) is 28.3 Å². The van der Waals surface area contributed by atoms with Crippen LogP contribution in [0.3, 0.4) is 0 Å². The first kappa shape index (κ1) is 25.7. The first-order valence-electron chi connectivity index (χ1n) is 13.2. The lowest BCUT2D eigenvalue weighted by Gasteiger charge is -2.25. The third-order valence-corrected chi connectivity index (χ3v) is 8.98. The molecule has 12 heteroatoms. The van der Waals surface area contributed by atoms with Crippen molar-refractivity contribution in [1.29, 1.82) is 0 Å². The van der Waals surface area contributed by atoms with Gasteiger partial charge in [-0.15, -0.1) is 11.3 Å². The van der Waals surface area contributed by atoms with Gasteiger partial charge >= 0.3 is 0 Å². The third kappa shape index (κ3) is 4.59. The second kappa shape index (κ2) is 10.6. The minimum atomic E-state index is -0.808. The Morgan fingerprint density at radius 1 is 1.18 bits per heavy atom. The van der Waals surface area contributed by atoms with Crippen LogP contribution in [-0.2, 0) is 17.8 Å². The van der Waals surface area contributed by atoms with Crippen molar-refractivity contribution < 1.29 is 4.79 Å². The number of carbonyl (C=O) groups excluding carboxylic acids is 1. The standard InChI is InChI=1S/C28H26Cl2N8OS/c29-20-12-18(16-3-5-17(6-4-16)21-13-31-7-8-32-21)23(30)24-19(20)14-38(36-24)26(27(39)35-28-33-9-11-40-28)25-22-2-1-10-37(22)15-34-25/h3-6,9,11-12,14-15,21,26,31-32H,1-2,7-8,10,13H2,(H,33,35,39). The van der Waals surface area contributed by atoms with Crippen LogP contribution in [0, 0.1) is 0 Å². The van der Waals surface area contributed by atoms with Crippen molar-refractivity contribution in [2.75, 3.05) is 25.0 Å². The lowest BCUT2D eigenvalue weighted by atomic mass is 9.99. The number of amides is 1. The van der Waals surface area contributed by atoms with Gasteiger partial charge in [0, 0.05) is 66.6 Å². The Labute approximate surface area is 244 Å². The van der Waals surface area contributed by atoms with E-state index in [1.807, 2.05) is 11.4 Å². The second-order valence-corrected chi connectivity index (χ2v) is 11.7. The summed E-state index contributed by atoms with van der Waals surface area (Å²) in [5.41, 5.74) is 5.20. The number of aromatic nitrogens is 5. The SMILES string of the molecule is O=C(Nc1nccs1)C(c1ncn2c1CCC2)n1cc2c(Cl)cc(-c3ccc(C4CNCCN4)cc3)c(Cl)c2n1. The number of nitrogens with zero attached hydrogens (tertiary/aromatic N) is 5. The highest BCUT2D eigenvalue weighted by Crippen LogP contribution is 2.39. The van der Waals surface area contributed by atoms with Gasteiger partial charge < -0.3 is 15.2 Å². The first-order chi connectivity index (χ1) is 19.6. The third-order valence-electron chi connectivity index (χ3n) is 7.60. The summed E-state index contributed by atoms with van der Waals surface area (Å²) in [6.45, 7) is 3.70. The fourth-order valence-electron chi connectivity index (χ4n) is 5.61. The number of imidazole rings is 1. The van der Waals surface area contributed by atoms with Crippen LogP contribution < -0.4 is 16.0 Å². The van der Waals surface area contributed by atoms with Gasteiger partial charge in [0.1, 0.15) is 5.52 Å². The molecule has 9 nitrogen and oxygen atoms in total. The predicted molar refractivity (Wildman–Crippen MR) is 158 cm³/mol. The van der Waals surface area contributed by atoms with Crippen molar-refractivity contribution >= 4 is 56.5 Å². The van der Waals surface area contributed by atoms with Gasteiger partial charge in [-0.1, -0.05) is 47.5 Å². The Kier molecular flexibility index (Phi) is 6.81. The van der Waals surface area contributed by atoms with Crippen LogP contribution in [0.1, 0.15) is 35.5 Å². The molecule has 2 aliphatic rings. The van der Waals surface area contributed by atoms with Gasteiger partial charge in [0.2, 0.25) is 0 Å². The van der Waals surface area contributed by atoms with Crippen molar-refractivity contribution in [3.63, 3.8) is 0 Å². The van der Waals surface area contributed by atoms with E-state index in [1.54, 1.807) is 23.4 Å². The molecule has 0 bridgehead atoms. The molecule has 0 radical (unpaired) electrons. The van der Waals surface area contributed by atoms with E-state index < -0.39 is 6.04 Å². The summed E-state index contributed by atoms with van der Waals surface area (Å²) >= 11 is 15.2. The molecule has 1 fully saturated rings. The minimum absolute atomic E-state index is 0.273. The molecule has 1 amide bonds. The average Bonchev–Trinajstić information content (AvgIpc) is 3.78. The molecule has 3 N–H and O–H groups in total. The van der Waals surface area contributed by atoms with E-state index in [9.17, 15) is 4.79 Å². The molecule has 2 unspecified atom stereocenters. The zero-order valence-corrected chi connectivity index (χ0v) is 23.7. The molecule has 0 aliphatic carbocycles. The van der Waals surface area contributed by atoms with Crippen LogP contribution in [0.2, 0.25) is 10.0 Å². The molecular formula is C28H26Cl2N8OS. The number of fused-ring (bicyclic) bond motifs is 2. The number of anilines is 1. The summed E-state index contributed by atoms with van der Waals surface area (Å²) in [6, 6.07) is 9.69. The number of hydrogen-bond acceptors (Lipinski definition) is 7. The monoisotopic (exact) mass is 592 g/mol. The van der Waals surface area contributed by atoms with Gasteiger partial charge in [-0.3, -0.25) is 14.8 Å². The maximum absolute atomic E-state index is 13.7. The Morgan fingerprint density at radius 3 is 2.83 bits per heavy atom. The molecule has 40 heavy (non-hydrogen) atoms. The first-order valence-corrected chi connectivity index (χ1v) is 14.9. The number of rotatable bonds is 6. The number of benzene rings is 2. The van der Waals surface area contributed by atoms with Crippen LogP contribution in [-0.4, -0.2) is 49.9 Å². The van der Waals surface area contributed by atoms with Gasteiger partial charge in [0.25, 0.3) is 5.91 Å². The predicted octanol–water partition coefficient (Wildman–Crippen LogP) is 5.07. The number of halogens is 2. The maximum atomic E-state index is 13.7. The maximum Gasteiger partial charge on any atom is 0.257 e. The molecule has 2 atom stereocenters. The highest BCUT2D eigenvalue weighted by Gasteiger charge is 2.32. The number of nitrogens with one attached hydrogen (secondary N) is 3. The Balaban J connectivity index is 1.28. The quantitative estimate of drug-likeness (QED) is 0.254. The van der Waals surface area contributed by atoms with Crippen LogP contribution in [0.25, 0.3) is 22.0 Å². The Bertz CT molecular complexity index is 1690. The molecule has 2 aliphatic heterocycles. The van der Waals surface area contributed by atoms with Crippen LogP contribution in [0.5, 0.6) is 0 Å². The number of piperazine rings is 1. The molecule has 204 valence electrons. The zero-order valence-electron chi connectivity index (χ0n) is 21.4. The second-order valence-electron chi connectivity index (χ2n) is 10.0. The summed E-state index contributed by atoms with van der Waals surface area (Å²) in [6.07, 6.45) is 7.10. The van der Waals surface area contributed by atoms with Crippen molar-refractivity contribution in [2.45, 2.75) is 31.5 Å². The van der Waals surface area contributed by atoms with Crippen LogP contribution >= 0.6 is 34.5 Å². The summed E-state index contributed by atoms with van der Waals surface area (Å²) in [4.78, 5) is 22.5.